The van der Waals surface area contributed by atoms with E-state index in [4.69, 9.17) is 5.73 Å². The molecule has 0 aromatic carbocycles. The number of nitrogens with one attached hydrogen (secondary N) is 1. The van der Waals surface area contributed by atoms with E-state index in [1.54, 1.807) is 0 Å². The second kappa shape index (κ2) is 5.27. The first-order valence-corrected chi connectivity index (χ1v) is 7.15. The minimum absolute atomic E-state index is 0.0497. The summed E-state index contributed by atoms with van der Waals surface area (Å²) in [6.45, 7) is 8.75. The molecule has 0 aromatic rings. The molecule has 3 N–H and O–H groups in total. The van der Waals surface area contributed by atoms with Gasteiger partial charge in [0.1, 0.15) is 0 Å². The summed E-state index contributed by atoms with van der Waals surface area (Å²) in [4.78, 5) is 0. The van der Waals surface area contributed by atoms with Gasteiger partial charge in [-0.05, 0) is 17.8 Å². The van der Waals surface area contributed by atoms with Crippen LogP contribution in [-0.4, -0.2) is 27.3 Å². The molecule has 0 amide bonds. The van der Waals surface area contributed by atoms with Crippen molar-refractivity contribution < 1.29 is 8.42 Å². The van der Waals surface area contributed by atoms with Crippen LogP contribution in [0.3, 0.4) is 0 Å². The number of hydrogen-bond donors (Lipinski definition) is 2. The van der Waals surface area contributed by atoms with E-state index in [-0.39, 0.29) is 11.5 Å². The highest BCUT2D eigenvalue weighted by molar-refractivity contribution is 7.88. The van der Waals surface area contributed by atoms with Crippen molar-refractivity contribution >= 4 is 10.0 Å². The Morgan fingerprint density at radius 3 is 2.13 bits per heavy atom. The van der Waals surface area contributed by atoms with Crippen molar-refractivity contribution in [1.82, 2.24) is 4.72 Å². The summed E-state index contributed by atoms with van der Waals surface area (Å²) >= 11 is 0. The fraction of sp³-hybridized carbons (Fsp3) is 1.00. The van der Waals surface area contributed by atoms with E-state index < -0.39 is 10.0 Å². The fourth-order valence-corrected chi connectivity index (χ4v) is 2.10. The zero-order chi connectivity index (χ0) is 12.3. The topological polar surface area (TPSA) is 72.2 Å². The summed E-state index contributed by atoms with van der Waals surface area (Å²) in [5, 5.41) is 0. The molecule has 0 heterocycles. The van der Waals surface area contributed by atoms with E-state index in [0.717, 1.165) is 6.42 Å². The van der Waals surface area contributed by atoms with Gasteiger partial charge < -0.3 is 5.73 Å². The SMILES string of the molecule is CC(C)[C@H](N)C(C)(C)CCNS(C)(=O)=O. The average Bonchev–Trinajstić information content (AvgIpc) is 1.99. The van der Waals surface area contributed by atoms with Gasteiger partial charge in [0, 0.05) is 12.6 Å². The van der Waals surface area contributed by atoms with Gasteiger partial charge in [0.25, 0.3) is 0 Å². The van der Waals surface area contributed by atoms with Gasteiger partial charge in [-0.15, -0.1) is 0 Å². The molecule has 1 atom stereocenters. The molecule has 0 unspecified atom stereocenters. The largest absolute Gasteiger partial charge is 0.327 e. The van der Waals surface area contributed by atoms with E-state index in [1.807, 2.05) is 0 Å². The lowest BCUT2D eigenvalue weighted by Gasteiger charge is -2.34. The van der Waals surface area contributed by atoms with Gasteiger partial charge in [-0.25, -0.2) is 13.1 Å². The lowest BCUT2D eigenvalue weighted by Crippen LogP contribution is -2.43. The van der Waals surface area contributed by atoms with Crippen LogP contribution < -0.4 is 10.5 Å². The van der Waals surface area contributed by atoms with E-state index in [9.17, 15) is 8.42 Å². The molecule has 4 nitrogen and oxygen atoms in total. The van der Waals surface area contributed by atoms with Gasteiger partial charge in [0.2, 0.25) is 10.0 Å². The Morgan fingerprint density at radius 1 is 1.33 bits per heavy atom. The molecule has 0 saturated carbocycles. The molecule has 0 spiro atoms. The maximum absolute atomic E-state index is 10.9. The van der Waals surface area contributed by atoms with Crippen LogP contribution in [0.25, 0.3) is 0 Å². The van der Waals surface area contributed by atoms with Crippen LogP contribution in [0.2, 0.25) is 0 Å². The normalized spacial score (nSPS) is 15.7. The molecule has 0 aliphatic rings. The molecule has 92 valence electrons. The average molecular weight is 236 g/mol. The van der Waals surface area contributed by atoms with Crippen molar-refractivity contribution in [2.75, 3.05) is 12.8 Å². The number of hydrogen-bond acceptors (Lipinski definition) is 3. The molecule has 0 rings (SSSR count). The molecular weight excluding hydrogens is 212 g/mol. The monoisotopic (exact) mass is 236 g/mol. The Balaban J connectivity index is 4.16. The van der Waals surface area contributed by atoms with E-state index in [2.05, 4.69) is 32.4 Å². The molecule has 0 aliphatic heterocycles. The third kappa shape index (κ3) is 6.12. The Kier molecular flexibility index (Phi) is 5.23. The summed E-state index contributed by atoms with van der Waals surface area (Å²) in [5.41, 5.74) is 6.02. The first kappa shape index (κ1) is 14.9. The van der Waals surface area contributed by atoms with Crippen molar-refractivity contribution in [3.63, 3.8) is 0 Å². The van der Waals surface area contributed by atoms with Crippen LogP contribution in [0, 0.1) is 11.3 Å². The molecule has 0 fully saturated rings. The number of rotatable bonds is 6. The van der Waals surface area contributed by atoms with Gasteiger partial charge in [-0.1, -0.05) is 27.7 Å². The molecule has 0 radical (unpaired) electrons. The van der Waals surface area contributed by atoms with Crippen molar-refractivity contribution in [1.29, 1.82) is 0 Å². The smallest absolute Gasteiger partial charge is 0.208 e. The Bertz CT molecular complexity index is 284. The summed E-state index contributed by atoms with van der Waals surface area (Å²) in [5.74, 6) is 0.401. The zero-order valence-corrected chi connectivity index (χ0v) is 11.2. The van der Waals surface area contributed by atoms with Gasteiger partial charge in [0.05, 0.1) is 6.26 Å². The molecule has 0 saturated heterocycles. The lowest BCUT2D eigenvalue weighted by molar-refractivity contribution is 0.217. The van der Waals surface area contributed by atoms with E-state index in [1.165, 1.54) is 6.26 Å². The first-order chi connectivity index (χ1) is 6.56. The second-order valence-electron chi connectivity index (χ2n) is 5.17. The highest BCUT2D eigenvalue weighted by Gasteiger charge is 2.28. The lowest BCUT2D eigenvalue weighted by atomic mass is 9.77. The fourth-order valence-electron chi connectivity index (χ4n) is 1.63. The second-order valence-corrected chi connectivity index (χ2v) is 7.01. The number of sulfonamides is 1. The zero-order valence-electron chi connectivity index (χ0n) is 10.4. The Labute approximate surface area is 93.7 Å². The third-order valence-electron chi connectivity index (χ3n) is 2.75. The maximum atomic E-state index is 10.9. The van der Waals surface area contributed by atoms with Gasteiger partial charge >= 0.3 is 0 Å². The highest BCUT2D eigenvalue weighted by Crippen LogP contribution is 2.27. The molecule has 0 bridgehead atoms. The quantitative estimate of drug-likeness (QED) is 0.721. The summed E-state index contributed by atoms with van der Waals surface area (Å²) < 4.78 is 24.2. The van der Waals surface area contributed by atoms with Crippen LogP contribution in [0.15, 0.2) is 0 Å². The van der Waals surface area contributed by atoms with Crippen molar-refractivity contribution in [3.8, 4) is 0 Å². The number of nitrogens with two attached hydrogens (primary N) is 1. The summed E-state index contributed by atoms with van der Waals surface area (Å²) in [6.07, 6.45) is 1.92. The maximum Gasteiger partial charge on any atom is 0.208 e. The third-order valence-corrected chi connectivity index (χ3v) is 3.48. The predicted molar refractivity (Wildman–Crippen MR) is 64.1 cm³/mol. The molecule has 0 aliphatic carbocycles. The van der Waals surface area contributed by atoms with Gasteiger partial charge in [0.15, 0.2) is 0 Å². The standard InChI is InChI=1S/C10H24N2O2S/c1-8(2)9(11)10(3,4)6-7-12-15(5,13)14/h8-9,12H,6-7,11H2,1-5H3/t9-/m0/s1. The van der Waals surface area contributed by atoms with Crippen LogP contribution in [0.1, 0.15) is 34.1 Å². The summed E-state index contributed by atoms with van der Waals surface area (Å²) in [6, 6.07) is 0.0823. The van der Waals surface area contributed by atoms with Crippen LogP contribution in [-0.2, 0) is 10.0 Å². The van der Waals surface area contributed by atoms with Crippen LogP contribution in [0.4, 0.5) is 0 Å². The molecular formula is C10H24N2O2S. The predicted octanol–water partition coefficient (Wildman–Crippen LogP) is 0.935. The Hall–Kier alpha value is -0.130. The van der Waals surface area contributed by atoms with Crippen LogP contribution in [0.5, 0.6) is 0 Å². The molecule has 5 heteroatoms. The van der Waals surface area contributed by atoms with Crippen molar-refractivity contribution in [3.05, 3.63) is 0 Å². The van der Waals surface area contributed by atoms with Gasteiger partial charge in [-0.2, -0.15) is 0 Å². The minimum atomic E-state index is -3.08. The van der Waals surface area contributed by atoms with Crippen LogP contribution >= 0.6 is 0 Å². The minimum Gasteiger partial charge on any atom is -0.327 e. The van der Waals surface area contributed by atoms with E-state index in [0.29, 0.717) is 12.5 Å². The van der Waals surface area contributed by atoms with E-state index >= 15 is 0 Å². The Morgan fingerprint density at radius 2 is 1.80 bits per heavy atom. The van der Waals surface area contributed by atoms with Crippen molar-refractivity contribution in [2.45, 2.75) is 40.2 Å². The van der Waals surface area contributed by atoms with Crippen molar-refractivity contribution in [2.24, 2.45) is 17.1 Å². The first-order valence-electron chi connectivity index (χ1n) is 5.26. The molecule has 15 heavy (non-hydrogen) atoms. The summed E-state index contributed by atoms with van der Waals surface area (Å²) in [7, 11) is -3.08. The van der Waals surface area contributed by atoms with Gasteiger partial charge in [-0.3, -0.25) is 0 Å². The molecule has 0 aromatic heterocycles. The highest BCUT2D eigenvalue weighted by atomic mass is 32.2.